The van der Waals surface area contributed by atoms with E-state index in [4.69, 9.17) is 28.6 Å². The van der Waals surface area contributed by atoms with Gasteiger partial charge < -0.3 is 15.4 Å². The van der Waals surface area contributed by atoms with Gasteiger partial charge in [-0.3, -0.25) is 10.1 Å². The lowest BCUT2D eigenvalue weighted by molar-refractivity contribution is -0.384. The van der Waals surface area contributed by atoms with Crippen molar-refractivity contribution in [3.63, 3.8) is 0 Å². The Labute approximate surface area is 126 Å². The van der Waals surface area contributed by atoms with Gasteiger partial charge in [0.2, 0.25) is 0 Å². The zero-order valence-corrected chi connectivity index (χ0v) is 12.2. The van der Waals surface area contributed by atoms with Crippen molar-refractivity contribution in [3.8, 4) is 0 Å². The minimum absolute atomic E-state index is 0.0961. The number of nitro benzene ring substituents is 1. The first-order chi connectivity index (χ1) is 9.56. The van der Waals surface area contributed by atoms with Crippen LogP contribution >= 0.6 is 23.8 Å². The molecule has 0 aliphatic carbocycles. The van der Waals surface area contributed by atoms with Crippen LogP contribution in [0.1, 0.15) is 12.8 Å². The molecule has 0 radical (unpaired) electrons. The van der Waals surface area contributed by atoms with Crippen LogP contribution in [0.25, 0.3) is 0 Å². The van der Waals surface area contributed by atoms with E-state index in [9.17, 15) is 10.1 Å². The van der Waals surface area contributed by atoms with E-state index in [-0.39, 0.29) is 16.8 Å². The van der Waals surface area contributed by atoms with Crippen molar-refractivity contribution in [2.24, 2.45) is 0 Å². The molecule has 0 spiro atoms. The molecule has 0 bridgehead atoms. The molecule has 0 saturated carbocycles. The lowest BCUT2D eigenvalue weighted by atomic mass is 10.2. The second kappa shape index (κ2) is 6.83. The number of benzene rings is 1. The summed E-state index contributed by atoms with van der Waals surface area (Å²) in [5.41, 5.74) is 0.365. The van der Waals surface area contributed by atoms with E-state index in [2.05, 4.69) is 10.6 Å². The van der Waals surface area contributed by atoms with E-state index >= 15 is 0 Å². The van der Waals surface area contributed by atoms with Crippen molar-refractivity contribution < 1.29 is 9.66 Å². The van der Waals surface area contributed by atoms with Gasteiger partial charge in [0.25, 0.3) is 5.69 Å². The molecule has 1 aliphatic rings. The lowest BCUT2D eigenvalue weighted by Crippen LogP contribution is -2.34. The van der Waals surface area contributed by atoms with Crippen LogP contribution in [0.2, 0.25) is 5.02 Å². The number of ether oxygens (including phenoxy) is 1. The molecule has 20 heavy (non-hydrogen) atoms. The number of halogens is 1. The highest BCUT2D eigenvalue weighted by Gasteiger charge is 2.16. The lowest BCUT2D eigenvalue weighted by Gasteiger charge is -2.14. The molecule has 2 rings (SSSR count). The van der Waals surface area contributed by atoms with Gasteiger partial charge in [0.15, 0.2) is 5.11 Å². The molecule has 108 valence electrons. The molecule has 1 atom stereocenters. The summed E-state index contributed by atoms with van der Waals surface area (Å²) in [4.78, 5) is 10.3. The van der Waals surface area contributed by atoms with Gasteiger partial charge in [0, 0.05) is 24.9 Å². The van der Waals surface area contributed by atoms with E-state index in [1.165, 1.54) is 12.1 Å². The highest BCUT2D eigenvalue weighted by molar-refractivity contribution is 7.80. The Hall–Kier alpha value is -1.44. The van der Waals surface area contributed by atoms with Crippen LogP contribution in [0.5, 0.6) is 0 Å². The van der Waals surface area contributed by atoms with Crippen molar-refractivity contribution in [2.75, 3.05) is 18.5 Å². The maximum absolute atomic E-state index is 10.8. The van der Waals surface area contributed by atoms with Gasteiger partial charge in [-0.2, -0.15) is 0 Å². The summed E-state index contributed by atoms with van der Waals surface area (Å²) in [6.07, 6.45) is 2.26. The van der Waals surface area contributed by atoms with Gasteiger partial charge in [0.05, 0.1) is 11.0 Å². The van der Waals surface area contributed by atoms with Crippen LogP contribution in [-0.2, 0) is 4.74 Å². The summed E-state index contributed by atoms with van der Waals surface area (Å²) >= 11 is 10.9. The predicted molar refractivity (Wildman–Crippen MR) is 81.3 cm³/mol. The number of nitrogens with one attached hydrogen (secondary N) is 2. The predicted octanol–water partition coefficient (Wildman–Crippen LogP) is 2.71. The average Bonchev–Trinajstić information content (AvgIpc) is 2.91. The number of rotatable bonds is 4. The van der Waals surface area contributed by atoms with Gasteiger partial charge in [-0.15, -0.1) is 0 Å². The molecular formula is C12H14ClN3O3S. The highest BCUT2D eigenvalue weighted by atomic mass is 35.5. The van der Waals surface area contributed by atoms with Gasteiger partial charge >= 0.3 is 0 Å². The summed E-state index contributed by atoms with van der Waals surface area (Å²) in [6.45, 7) is 1.41. The summed E-state index contributed by atoms with van der Waals surface area (Å²) in [7, 11) is 0. The minimum Gasteiger partial charge on any atom is -0.376 e. The Morgan fingerprint density at radius 3 is 3.05 bits per heavy atom. The number of hydrogen-bond donors (Lipinski definition) is 2. The summed E-state index contributed by atoms with van der Waals surface area (Å²) < 4.78 is 5.46. The molecule has 1 aromatic rings. The molecule has 1 aromatic carbocycles. The van der Waals surface area contributed by atoms with Crippen LogP contribution < -0.4 is 10.6 Å². The first-order valence-corrected chi connectivity index (χ1v) is 6.95. The van der Waals surface area contributed by atoms with Crippen molar-refractivity contribution in [2.45, 2.75) is 18.9 Å². The minimum atomic E-state index is -0.531. The van der Waals surface area contributed by atoms with Crippen molar-refractivity contribution >= 4 is 40.3 Å². The van der Waals surface area contributed by atoms with Crippen molar-refractivity contribution in [1.82, 2.24) is 5.32 Å². The number of hydrogen-bond acceptors (Lipinski definition) is 4. The molecule has 1 aliphatic heterocycles. The van der Waals surface area contributed by atoms with Crippen LogP contribution in [0.4, 0.5) is 11.4 Å². The second-order valence-electron chi connectivity index (χ2n) is 4.39. The molecule has 0 amide bonds. The molecule has 0 aromatic heterocycles. The maximum atomic E-state index is 10.8. The van der Waals surface area contributed by atoms with E-state index in [0.717, 1.165) is 19.4 Å². The van der Waals surface area contributed by atoms with Gasteiger partial charge in [0.1, 0.15) is 5.02 Å². The normalized spacial score (nSPS) is 17.8. The standard InChI is InChI=1S/C12H14ClN3O3S/c13-10-4-3-8(6-11(10)16(17)18)15-12(20)14-7-9-2-1-5-19-9/h3-4,6,9H,1-2,5,7H2,(H2,14,15,20)/t9-/m1/s1. The van der Waals surface area contributed by atoms with E-state index < -0.39 is 4.92 Å². The Morgan fingerprint density at radius 2 is 2.40 bits per heavy atom. The number of thiocarbonyl (C=S) groups is 1. The third-order valence-corrected chi connectivity index (χ3v) is 3.48. The quantitative estimate of drug-likeness (QED) is 0.505. The summed E-state index contributed by atoms with van der Waals surface area (Å²) in [5, 5.41) is 17.2. The molecule has 2 N–H and O–H groups in total. The summed E-state index contributed by atoms with van der Waals surface area (Å²) in [6, 6.07) is 4.45. The van der Waals surface area contributed by atoms with E-state index in [0.29, 0.717) is 17.3 Å². The van der Waals surface area contributed by atoms with Crippen molar-refractivity contribution in [1.29, 1.82) is 0 Å². The smallest absolute Gasteiger partial charge is 0.289 e. The zero-order chi connectivity index (χ0) is 14.5. The summed E-state index contributed by atoms with van der Waals surface area (Å²) in [5.74, 6) is 0. The van der Waals surface area contributed by atoms with E-state index in [1.54, 1.807) is 6.07 Å². The Balaban J connectivity index is 1.90. The van der Waals surface area contributed by atoms with Crippen LogP contribution in [-0.4, -0.2) is 29.3 Å². The number of nitrogens with zero attached hydrogens (tertiary/aromatic N) is 1. The maximum Gasteiger partial charge on any atom is 0.289 e. The third kappa shape index (κ3) is 4.03. The second-order valence-corrected chi connectivity index (χ2v) is 5.21. The van der Waals surface area contributed by atoms with Crippen molar-refractivity contribution in [3.05, 3.63) is 33.3 Å². The first-order valence-electron chi connectivity index (χ1n) is 6.16. The van der Waals surface area contributed by atoms with Gasteiger partial charge in [-0.05, 0) is 37.2 Å². The number of anilines is 1. The van der Waals surface area contributed by atoms with E-state index in [1.807, 2.05) is 0 Å². The Bertz CT molecular complexity index is 521. The first kappa shape index (κ1) is 15.0. The van der Waals surface area contributed by atoms with Gasteiger partial charge in [-0.25, -0.2) is 0 Å². The van der Waals surface area contributed by atoms with Crippen LogP contribution in [0, 0.1) is 10.1 Å². The fourth-order valence-corrected chi connectivity index (χ4v) is 2.31. The Morgan fingerprint density at radius 1 is 1.60 bits per heavy atom. The Kier molecular flexibility index (Phi) is 5.11. The fraction of sp³-hybridized carbons (Fsp3) is 0.417. The largest absolute Gasteiger partial charge is 0.376 e. The topological polar surface area (TPSA) is 76.4 Å². The molecule has 8 heteroatoms. The van der Waals surface area contributed by atoms with Gasteiger partial charge in [-0.1, -0.05) is 11.6 Å². The molecule has 1 saturated heterocycles. The SMILES string of the molecule is O=[N+]([O-])c1cc(NC(=S)NC[C@H]2CCCO2)ccc1Cl. The zero-order valence-electron chi connectivity index (χ0n) is 10.6. The number of nitro groups is 1. The average molecular weight is 316 g/mol. The molecule has 1 fully saturated rings. The monoisotopic (exact) mass is 315 g/mol. The van der Waals surface area contributed by atoms with Crippen LogP contribution in [0.3, 0.4) is 0 Å². The highest BCUT2D eigenvalue weighted by Crippen LogP contribution is 2.27. The molecule has 1 heterocycles. The van der Waals surface area contributed by atoms with Crippen LogP contribution in [0.15, 0.2) is 18.2 Å². The molecular weight excluding hydrogens is 302 g/mol. The fourth-order valence-electron chi connectivity index (χ4n) is 1.92. The molecule has 6 nitrogen and oxygen atoms in total. The molecule has 0 unspecified atom stereocenters. The third-order valence-electron chi connectivity index (χ3n) is 2.91.